The minimum atomic E-state index is -0.693. The highest BCUT2D eigenvalue weighted by Crippen LogP contribution is 2.33. The lowest BCUT2D eigenvalue weighted by Crippen LogP contribution is -2.54. The van der Waals surface area contributed by atoms with Crippen molar-refractivity contribution in [1.82, 2.24) is 10.2 Å². The predicted octanol–water partition coefficient (Wildman–Crippen LogP) is -0.114. The Bertz CT molecular complexity index is 423. The summed E-state index contributed by atoms with van der Waals surface area (Å²) in [6.45, 7) is 6.28. The second-order valence-corrected chi connectivity index (χ2v) is 5.71. The number of esters is 1. The van der Waals surface area contributed by atoms with E-state index in [9.17, 15) is 14.4 Å². The molecule has 3 N–H and O–H groups in total. The van der Waals surface area contributed by atoms with Gasteiger partial charge in [0, 0.05) is 32.0 Å². The molecule has 1 saturated carbocycles. The standard InChI is InChI=1S/C15H27N3O4/c1-5-18(6-2)14(20)13(17-9(3)19)11-7-10(8-12(11)16)15(21)22-4/h10-13H,5-8,16H2,1-4H3,(H,17,19)/t10?,11-,12+,13?/m1/s1. The van der Waals surface area contributed by atoms with Gasteiger partial charge in [0.05, 0.1) is 13.0 Å². The van der Waals surface area contributed by atoms with Gasteiger partial charge < -0.3 is 20.7 Å². The Labute approximate surface area is 131 Å². The highest BCUT2D eigenvalue weighted by atomic mass is 16.5. The van der Waals surface area contributed by atoms with E-state index in [-0.39, 0.29) is 35.7 Å². The maximum absolute atomic E-state index is 12.7. The highest BCUT2D eigenvalue weighted by Gasteiger charge is 2.44. The molecule has 4 atom stereocenters. The summed E-state index contributed by atoms with van der Waals surface area (Å²) in [6, 6.07) is -1.01. The molecule has 1 aliphatic carbocycles. The molecule has 2 unspecified atom stereocenters. The van der Waals surface area contributed by atoms with Gasteiger partial charge in [-0.2, -0.15) is 0 Å². The first-order valence-corrected chi connectivity index (χ1v) is 7.74. The Morgan fingerprint density at radius 1 is 1.27 bits per heavy atom. The number of amides is 2. The van der Waals surface area contributed by atoms with Gasteiger partial charge in [-0.25, -0.2) is 0 Å². The fraction of sp³-hybridized carbons (Fsp3) is 0.800. The van der Waals surface area contributed by atoms with Crippen LogP contribution in [0.1, 0.15) is 33.6 Å². The first kappa shape index (κ1) is 18.4. The van der Waals surface area contributed by atoms with Crippen molar-refractivity contribution in [3.05, 3.63) is 0 Å². The van der Waals surface area contributed by atoms with Gasteiger partial charge in [-0.15, -0.1) is 0 Å². The molecule has 22 heavy (non-hydrogen) atoms. The molecule has 0 spiro atoms. The molecule has 0 heterocycles. The lowest BCUT2D eigenvalue weighted by molar-refractivity contribution is -0.145. The van der Waals surface area contributed by atoms with Crippen LogP contribution >= 0.6 is 0 Å². The molecule has 0 aromatic carbocycles. The van der Waals surface area contributed by atoms with Gasteiger partial charge in [0.15, 0.2) is 0 Å². The summed E-state index contributed by atoms with van der Waals surface area (Å²) in [5, 5.41) is 2.72. The Kier molecular flexibility index (Phi) is 6.80. The number of nitrogens with one attached hydrogen (secondary N) is 1. The van der Waals surface area contributed by atoms with E-state index in [1.165, 1.54) is 14.0 Å². The summed E-state index contributed by atoms with van der Waals surface area (Å²) in [5.74, 6) is -1.31. The summed E-state index contributed by atoms with van der Waals surface area (Å²) in [7, 11) is 1.34. The van der Waals surface area contributed by atoms with Crippen LogP contribution in [0.15, 0.2) is 0 Å². The summed E-state index contributed by atoms with van der Waals surface area (Å²) in [6.07, 6.45) is 0.921. The van der Waals surface area contributed by atoms with E-state index in [0.717, 1.165) is 0 Å². The summed E-state index contributed by atoms with van der Waals surface area (Å²) < 4.78 is 4.76. The van der Waals surface area contributed by atoms with E-state index < -0.39 is 6.04 Å². The molecule has 7 heteroatoms. The zero-order valence-electron chi connectivity index (χ0n) is 13.8. The van der Waals surface area contributed by atoms with Crippen LogP contribution in [0, 0.1) is 11.8 Å². The topological polar surface area (TPSA) is 102 Å². The van der Waals surface area contributed by atoms with Gasteiger partial charge in [0.25, 0.3) is 0 Å². The molecule has 0 saturated heterocycles. The normalized spacial score (nSPS) is 25.4. The first-order chi connectivity index (χ1) is 10.3. The average Bonchev–Trinajstić information content (AvgIpc) is 2.86. The van der Waals surface area contributed by atoms with Crippen LogP contribution in [0.2, 0.25) is 0 Å². The van der Waals surface area contributed by atoms with Crippen molar-refractivity contribution in [1.29, 1.82) is 0 Å². The van der Waals surface area contributed by atoms with Crippen LogP contribution in [0.5, 0.6) is 0 Å². The van der Waals surface area contributed by atoms with E-state index in [1.807, 2.05) is 13.8 Å². The zero-order chi connectivity index (χ0) is 16.9. The molecule has 7 nitrogen and oxygen atoms in total. The molecule has 0 radical (unpaired) electrons. The quantitative estimate of drug-likeness (QED) is 0.666. The largest absolute Gasteiger partial charge is 0.469 e. The van der Waals surface area contributed by atoms with Crippen LogP contribution < -0.4 is 11.1 Å². The van der Waals surface area contributed by atoms with E-state index >= 15 is 0 Å². The third-order valence-electron chi connectivity index (χ3n) is 4.33. The number of hydrogen-bond donors (Lipinski definition) is 2. The molecule has 0 aromatic rings. The number of likely N-dealkylation sites (N-methyl/N-ethyl adjacent to an activating group) is 1. The van der Waals surface area contributed by atoms with Crippen molar-refractivity contribution >= 4 is 17.8 Å². The average molecular weight is 313 g/mol. The fourth-order valence-corrected chi connectivity index (χ4v) is 3.15. The monoisotopic (exact) mass is 313 g/mol. The second kappa shape index (κ2) is 8.12. The molecular formula is C15H27N3O4. The fourth-order valence-electron chi connectivity index (χ4n) is 3.15. The Hall–Kier alpha value is -1.63. The summed E-state index contributed by atoms with van der Waals surface area (Å²) in [5.41, 5.74) is 6.13. The van der Waals surface area contributed by atoms with E-state index in [4.69, 9.17) is 10.5 Å². The molecule has 0 bridgehead atoms. The van der Waals surface area contributed by atoms with Gasteiger partial charge in [-0.05, 0) is 26.7 Å². The van der Waals surface area contributed by atoms with E-state index in [1.54, 1.807) is 4.90 Å². The molecule has 0 aliphatic heterocycles. The van der Waals surface area contributed by atoms with Crippen molar-refractivity contribution < 1.29 is 19.1 Å². The number of rotatable bonds is 6. The van der Waals surface area contributed by atoms with Crippen molar-refractivity contribution in [3.63, 3.8) is 0 Å². The van der Waals surface area contributed by atoms with Crippen LogP contribution in [0.4, 0.5) is 0 Å². The van der Waals surface area contributed by atoms with Gasteiger partial charge >= 0.3 is 5.97 Å². The van der Waals surface area contributed by atoms with E-state index in [2.05, 4.69) is 5.32 Å². The number of ether oxygens (including phenoxy) is 1. The molecule has 1 rings (SSSR count). The summed E-state index contributed by atoms with van der Waals surface area (Å²) >= 11 is 0. The smallest absolute Gasteiger partial charge is 0.308 e. The first-order valence-electron chi connectivity index (χ1n) is 7.74. The molecule has 1 fully saturated rings. The minimum Gasteiger partial charge on any atom is -0.469 e. The molecule has 2 amide bonds. The third-order valence-corrected chi connectivity index (χ3v) is 4.33. The third kappa shape index (κ3) is 4.19. The minimum absolute atomic E-state index is 0.147. The molecule has 0 aromatic heterocycles. The summed E-state index contributed by atoms with van der Waals surface area (Å²) in [4.78, 5) is 37.5. The highest BCUT2D eigenvalue weighted by molar-refractivity contribution is 5.87. The Morgan fingerprint density at radius 2 is 1.86 bits per heavy atom. The van der Waals surface area contributed by atoms with Gasteiger partial charge in [0.2, 0.25) is 11.8 Å². The van der Waals surface area contributed by atoms with Gasteiger partial charge in [-0.3, -0.25) is 14.4 Å². The predicted molar refractivity (Wildman–Crippen MR) is 81.7 cm³/mol. The SMILES string of the molecule is CCN(CC)C(=O)C(NC(C)=O)[C@@H]1CC(C(=O)OC)C[C@@H]1N. The zero-order valence-corrected chi connectivity index (χ0v) is 13.8. The number of hydrogen-bond acceptors (Lipinski definition) is 5. The number of nitrogens with zero attached hydrogens (tertiary/aromatic N) is 1. The molecule has 126 valence electrons. The van der Waals surface area contributed by atoms with Gasteiger partial charge in [0.1, 0.15) is 6.04 Å². The van der Waals surface area contributed by atoms with Crippen molar-refractivity contribution in [2.24, 2.45) is 17.6 Å². The maximum Gasteiger partial charge on any atom is 0.308 e. The number of carbonyl (C=O) groups is 3. The Balaban J connectivity index is 2.94. The van der Waals surface area contributed by atoms with Crippen molar-refractivity contribution in [3.8, 4) is 0 Å². The molecule has 1 aliphatic rings. The van der Waals surface area contributed by atoms with Crippen LogP contribution in [-0.4, -0.2) is 55.0 Å². The van der Waals surface area contributed by atoms with Crippen LogP contribution in [0.3, 0.4) is 0 Å². The molecular weight excluding hydrogens is 286 g/mol. The van der Waals surface area contributed by atoms with Crippen molar-refractivity contribution in [2.75, 3.05) is 20.2 Å². The van der Waals surface area contributed by atoms with E-state index in [0.29, 0.717) is 25.9 Å². The van der Waals surface area contributed by atoms with Gasteiger partial charge in [-0.1, -0.05) is 0 Å². The number of carbonyl (C=O) groups excluding carboxylic acids is 3. The van der Waals surface area contributed by atoms with Crippen LogP contribution in [0.25, 0.3) is 0 Å². The number of methoxy groups -OCH3 is 1. The van der Waals surface area contributed by atoms with Crippen LogP contribution in [-0.2, 0) is 19.1 Å². The van der Waals surface area contributed by atoms with Crippen molar-refractivity contribution in [2.45, 2.75) is 45.7 Å². The second-order valence-electron chi connectivity index (χ2n) is 5.71. The number of nitrogens with two attached hydrogens (primary N) is 1. The maximum atomic E-state index is 12.7. The Morgan fingerprint density at radius 3 is 2.32 bits per heavy atom. The lowest BCUT2D eigenvalue weighted by atomic mass is 9.92. The lowest BCUT2D eigenvalue weighted by Gasteiger charge is -2.31.